The summed E-state index contributed by atoms with van der Waals surface area (Å²) < 4.78 is 4.90. The van der Waals surface area contributed by atoms with Gasteiger partial charge in [0.15, 0.2) is 0 Å². The normalized spacial score (nSPS) is 12.1. The number of fused-ring (bicyclic) bond motifs is 16. The topological polar surface area (TPSA) is 9.86 Å². The summed E-state index contributed by atoms with van der Waals surface area (Å²) in [5.41, 5.74) is 9.62. The fraction of sp³-hybridized carbons (Fsp3) is 0. The van der Waals surface area contributed by atoms with Gasteiger partial charge in [-0.05, 0) is 109 Å². The van der Waals surface area contributed by atoms with E-state index in [1.165, 1.54) is 120 Å². The molecule has 268 valence electrons. The molecule has 0 saturated heterocycles. The summed E-state index contributed by atoms with van der Waals surface area (Å²) in [5, 5.41) is 17.8. The largest absolute Gasteiger partial charge is 0.309 e. The highest BCUT2D eigenvalue weighted by atomic mass is 15.0. The Kier molecular flexibility index (Phi) is 6.47. The number of hydrogen-bond acceptors (Lipinski definition) is 0. The van der Waals surface area contributed by atoms with Gasteiger partial charge in [0.1, 0.15) is 0 Å². The van der Waals surface area contributed by atoms with E-state index in [1.54, 1.807) is 0 Å². The predicted octanol–water partition coefficient (Wildman–Crippen LogP) is 15.3. The minimum absolute atomic E-state index is 1.17. The van der Waals surface area contributed by atoms with Crippen molar-refractivity contribution in [2.24, 2.45) is 0 Å². The molecule has 0 unspecified atom stereocenters. The molecule has 0 bridgehead atoms. The molecule has 13 rings (SSSR count). The molecular weight excluding hydrogens is 701 g/mol. The lowest BCUT2D eigenvalue weighted by molar-refractivity contribution is 1.18. The lowest BCUT2D eigenvalue weighted by Crippen LogP contribution is -1.97. The van der Waals surface area contributed by atoms with Crippen molar-refractivity contribution in [3.63, 3.8) is 0 Å². The highest BCUT2D eigenvalue weighted by Gasteiger charge is 2.21. The third-order valence-electron chi connectivity index (χ3n) is 12.6. The van der Waals surface area contributed by atoms with Crippen molar-refractivity contribution in [3.8, 4) is 22.5 Å². The second kappa shape index (κ2) is 11.9. The number of hydrogen-bond donors (Lipinski definition) is 0. The van der Waals surface area contributed by atoms with E-state index in [0.717, 1.165) is 0 Å². The highest BCUT2D eigenvalue weighted by Crippen LogP contribution is 2.46. The van der Waals surface area contributed by atoms with Gasteiger partial charge >= 0.3 is 0 Å². The molecule has 0 fully saturated rings. The molecule has 0 radical (unpaired) electrons. The van der Waals surface area contributed by atoms with Crippen LogP contribution >= 0.6 is 0 Å². The van der Waals surface area contributed by atoms with E-state index in [1.807, 2.05) is 0 Å². The monoisotopic (exact) mass is 734 g/mol. The maximum Gasteiger partial charge on any atom is 0.0547 e. The van der Waals surface area contributed by atoms with Crippen molar-refractivity contribution in [1.82, 2.24) is 9.13 Å². The smallest absolute Gasteiger partial charge is 0.0547 e. The second-order valence-electron chi connectivity index (χ2n) is 15.6. The fourth-order valence-electron chi connectivity index (χ4n) is 10.2. The van der Waals surface area contributed by atoms with Crippen molar-refractivity contribution in [2.75, 3.05) is 0 Å². The van der Waals surface area contributed by atoms with Gasteiger partial charge in [-0.3, -0.25) is 0 Å². The molecule has 0 aliphatic rings. The summed E-state index contributed by atoms with van der Waals surface area (Å²) in [6.45, 7) is 0. The lowest BCUT2D eigenvalue weighted by atomic mass is 9.88. The number of rotatable bonds is 3. The molecular formula is C56H34N2. The van der Waals surface area contributed by atoms with Gasteiger partial charge in [-0.15, -0.1) is 0 Å². The molecule has 0 N–H and O–H groups in total. The molecule has 0 amide bonds. The van der Waals surface area contributed by atoms with E-state index in [4.69, 9.17) is 0 Å². The number of aromatic nitrogens is 2. The van der Waals surface area contributed by atoms with E-state index in [0.29, 0.717) is 0 Å². The molecule has 0 aliphatic carbocycles. The van der Waals surface area contributed by atoms with Crippen molar-refractivity contribution >= 4 is 97.5 Å². The summed E-state index contributed by atoms with van der Waals surface area (Å²) in [6.07, 6.45) is 0. The van der Waals surface area contributed by atoms with Gasteiger partial charge < -0.3 is 9.13 Å². The van der Waals surface area contributed by atoms with Crippen LogP contribution in [0.2, 0.25) is 0 Å². The third kappa shape index (κ3) is 4.32. The molecule has 0 aliphatic heterocycles. The summed E-state index contributed by atoms with van der Waals surface area (Å²) in [4.78, 5) is 0. The summed E-state index contributed by atoms with van der Waals surface area (Å²) >= 11 is 0. The Labute approximate surface area is 334 Å². The van der Waals surface area contributed by atoms with Crippen molar-refractivity contribution in [3.05, 3.63) is 206 Å². The Hall–Kier alpha value is -7.68. The molecule has 0 atom stereocenters. The fourth-order valence-corrected chi connectivity index (χ4v) is 10.2. The van der Waals surface area contributed by atoms with Gasteiger partial charge in [0.2, 0.25) is 0 Å². The molecule has 11 aromatic carbocycles. The average molecular weight is 735 g/mol. The molecule has 2 aromatic heterocycles. The van der Waals surface area contributed by atoms with Gasteiger partial charge in [0.25, 0.3) is 0 Å². The van der Waals surface area contributed by atoms with Gasteiger partial charge in [0, 0.05) is 38.0 Å². The van der Waals surface area contributed by atoms with E-state index in [9.17, 15) is 0 Å². The predicted molar refractivity (Wildman–Crippen MR) is 248 cm³/mol. The van der Waals surface area contributed by atoms with Gasteiger partial charge in [-0.25, -0.2) is 0 Å². The van der Waals surface area contributed by atoms with Gasteiger partial charge in [-0.2, -0.15) is 0 Å². The third-order valence-corrected chi connectivity index (χ3v) is 12.6. The summed E-state index contributed by atoms with van der Waals surface area (Å²) in [5.74, 6) is 0. The zero-order valence-corrected chi connectivity index (χ0v) is 31.5. The standard InChI is InChI=1S/C56H34N2/c1-2-15-38(16-3-1)57-50-24-12-10-21-43(50)47-32-36(27-30-52(47)57)37-28-31-53-48(33-37)44-22-11-13-25-51(44)58(53)54-34-49-42-20-7-6-18-40(42)41-19-8-9-23-45(41)56(49)55-39-17-5-4-14-35(39)26-29-46(54)55/h1-34H. The maximum atomic E-state index is 2.52. The molecule has 2 heteroatoms. The minimum Gasteiger partial charge on any atom is -0.309 e. The Morgan fingerprint density at radius 2 is 0.707 bits per heavy atom. The van der Waals surface area contributed by atoms with E-state index in [2.05, 4.69) is 215 Å². The summed E-state index contributed by atoms with van der Waals surface area (Å²) in [7, 11) is 0. The van der Waals surface area contributed by atoms with Crippen LogP contribution in [0.15, 0.2) is 206 Å². The summed E-state index contributed by atoms with van der Waals surface area (Å²) in [6, 6.07) is 76.3. The van der Waals surface area contributed by atoms with E-state index < -0.39 is 0 Å². The number of benzene rings is 11. The van der Waals surface area contributed by atoms with Crippen LogP contribution in [0.25, 0.3) is 120 Å². The zero-order valence-electron chi connectivity index (χ0n) is 31.5. The van der Waals surface area contributed by atoms with Crippen molar-refractivity contribution in [2.45, 2.75) is 0 Å². The minimum atomic E-state index is 1.17. The lowest BCUT2D eigenvalue weighted by Gasteiger charge is -2.19. The number of para-hydroxylation sites is 3. The van der Waals surface area contributed by atoms with Crippen LogP contribution in [-0.2, 0) is 0 Å². The first-order valence-electron chi connectivity index (χ1n) is 20.1. The SMILES string of the molecule is c1ccc(-n2c3ccccc3c3cc(-c4ccc5c(c4)c4ccccc4n5-c4cc5c6ccccc6c6ccccc6c5c5c4ccc4ccccc45)ccc32)cc1. The molecule has 13 aromatic rings. The maximum absolute atomic E-state index is 2.52. The van der Waals surface area contributed by atoms with Crippen LogP contribution in [-0.4, -0.2) is 9.13 Å². The van der Waals surface area contributed by atoms with Crippen LogP contribution in [0, 0.1) is 0 Å². The van der Waals surface area contributed by atoms with Crippen molar-refractivity contribution < 1.29 is 0 Å². The first kappa shape index (κ1) is 31.5. The zero-order chi connectivity index (χ0) is 37.9. The Morgan fingerprint density at radius 1 is 0.241 bits per heavy atom. The molecule has 2 heterocycles. The Morgan fingerprint density at radius 3 is 1.38 bits per heavy atom. The van der Waals surface area contributed by atoms with E-state index in [-0.39, 0.29) is 0 Å². The second-order valence-corrected chi connectivity index (χ2v) is 15.6. The van der Waals surface area contributed by atoms with Gasteiger partial charge in [0.05, 0.1) is 27.8 Å². The Bertz CT molecular complexity index is 3840. The van der Waals surface area contributed by atoms with Crippen LogP contribution in [0.3, 0.4) is 0 Å². The first-order chi connectivity index (χ1) is 28.8. The quantitative estimate of drug-likeness (QED) is 0.160. The molecule has 58 heavy (non-hydrogen) atoms. The van der Waals surface area contributed by atoms with Gasteiger partial charge in [-0.1, -0.05) is 152 Å². The first-order valence-corrected chi connectivity index (χ1v) is 20.1. The highest BCUT2D eigenvalue weighted by molar-refractivity contribution is 6.36. The molecule has 0 spiro atoms. The van der Waals surface area contributed by atoms with Crippen LogP contribution in [0.5, 0.6) is 0 Å². The molecule has 0 saturated carbocycles. The van der Waals surface area contributed by atoms with Crippen molar-refractivity contribution in [1.29, 1.82) is 0 Å². The molecule has 2 nitrogen and oxygen atoms in total. The Balaban J connectivity index is 1.10. The number of nitrogens with zero attached hydrogens (tertiary/aromatic N) is 2. The average Bonchev–Trinajstić information content (AvgIpc) is 3.81. The van der Waals surface area contributed by atoms with Crippen LogP contribution in [0.4, 0.5) is 0 Å². The van der Waals surface area contributed by atoms with E-state index >= 15 is 0 Å². The van der Waals surface area contributed by atoms with Crippen LogP contribution in [0.1, 0.15) is 0 Å². The van der Waals surface area contributed by atoms with Crippen LogP contribution < -0.4 is 0 Å².